The van der Waals surface area contributed by atoms with Crippen LogP contribution in [0.25, 0.3) is 65.4 Å². The summed E-state index contributed by atoms with van der Waals surface area (Å²) in [6.07, 6.45) is 0. The van der Waals surface area contributed by atoms with Crippen molar-refractivity contribution in [3.63, 3.8) is 0 Å². The molecule has 0 saturated carbocycles. The van der Waals surface area contributed by atoms with Crippen LogP contribution in [-0.4, -0.2) is 0 Å². The van der Waals surface area contributed by atoms with E-state index in [2.05, 4.69) is 212 Å². The van der Waals surface area contributed by atoms with Crippen molar-refractivity contribution in [2.45, 2.75) is 62.3 Å². The molecule has 0 spiro atoms. The summed E-state index contributed by atoms with van der Waals surface area (Å²) in [6, 6.07) is 51.2. The van der Waals surface area contributed by atoms with Crippen molar-refractivity contribution in [2.24, 2.45) is 0 Å². The van der Waals surface area contributed by atoms with Crippen LogP contribution in [0.5, 0.6) is 0 Å². The molecule has 11 rings (SSSR count). The third-order valence-electron chi connectivity index (χ3n) is 13.8. The summed E-state index contributed by atoms with van der Waals surface area (Å²) in [7, 11) is 0. The van der Waals surface area contributed by atoms with Crippen LogP contribution in [0.4, 0.5) is 34.1 Å². The topological polar surface area (TPSA) is 32.8 Å². The first-order chi connectivity index (χ1) is 30.4. The van der Waals surface area contributed by atoms with E-state index in [4.69, 9.17) is 8.83 Å². The molecule has 0 unspecified atom stereocenters. The van der Waals surface area contributed by atoms with Crippen LogP contribution in [0, 0.1) is 62.3 Å². The highest BCUT2D eigenvalue weighted by Gasteiger charge is 2.21. The Hall–Kier alpha value is -7.30. The third-order valence-corrected chi connectivity index (χ3v) is 13.8. The van der Waals surface area contributed by atoms with Crippen molar-refractivity contribution < 1.29 is 8.83 Å². The molecular formula is C59H50N2O2. The van der Waals surface area contributed by atoms with Gasteiger partial charge in [0.15, 0.2) is 0 Å². The predicted molar refractivity (Wildman–Crippen MR) is 268 cm³/mol. The summed E-state index contributed by atoms with van der Waals surface area (Å²) in [5, 5.41) is 8.84. The van der Waals surface area contributed by atoms with Crippen LogP contribution in [0.15, 0.2) is 148 Å². The normalized spacial score (nSPS) is 11.9. The summed E-state index contributed by atoms with van der Waals surface area (Å²) < 4.78 is 13.4. The van der Waals surface area contributed by atoms with Gasteiger partial charge in [0.1, 0.15) is 22.3 Å². The second kappa shape index (κ2) is 14.4. The average molecular weight is 819 g/mol. The van der Waals surface area contributed by atoms with Gasteiger partial charge in [-0.3, -0.25) is 0 Å². The van der Waals surface area contributed by atoms with Gasteiger partial charge in [-0.05, 0) is 225 Å². The minimum absolute atomic E-state index is 0.853. The van der Waals surface area contributed by atoms with Gasteiger partial charge < -0.3 is 18.6 Å². The molecule has 0 N–H and O–H groups in total. The predicted octanol–water partition coefficient (Wildman–Crippen LogP) is 17.5. The fourth-order valence-corrected chi connectivity index (χ4v) is 9.87. The summed E-state index contributed by atoms with van der Waals surface area (Å²) in [4.78, 5) is 4.80. The Morgan fingerprint density at radius 3 is 1.21 bits per heavy atom. The van der Waals surface area contributed by atoms with Gasteiger partial charge in [0.05, 0.1) is 5.69 Å². The van der Waals surface area contributed by atoms with Crippen molar-refractivity contribution in [3.05, 3.63) is 190 Å². The standard InChI is InChI=1S/C59H50N2O2/c1-33-13-10-11-16-54(33)60(48-21-36(4)40(8)37(5)22-48)46-19-17-42-27-50-52-31-58-53(32-57(52)62-55(50)29-44(42)25-46)51-28-43-18-20-47(26-45(43)30-56(51)63-58)61(59-34(2)14-12-15-35(59)3)49-23-38(6)41(9)39(7)24-49/h10-32H,1-9H3. The first-order valence-electron chi connectivity index (χ1n) is 22.0. The molecule has 308 valence electrons. The molecule has 0 amide bonds. The lowest BCUT2D eigenvalue weighted by atomic mass is 9.99. The molecule has 11 aromatic rings. The lowest BCUT2D eigenvalue weighted by Crippen LogP contribution is -2.13. The number of rotatable bonds is 6. The summed E-state index contributed by atoms with van der Waals surface area (Å²) in [5.74, 6) is 0. The first-order valence-corrected chi connectivity index (χ1v) is 22.0. The molecular weight excluding hydrogens is 769 g/mol. The second-order valence-corrected chi connectivity index (χ2v) is 17.9. The molecule has 0 radical (unpaired) electrons. The van der Waals surface area contributed by atoms with Crippen molar-refractivity contribution in [1.29, 1.82) is 0 Å². The SMILES string of the molecule is Cc1ccccc1N(c1cc(C)c(C)c(C)c1)c1ccc2cc3c(cc2c1)oc1cc2c(cc13)oc1cc3cc(N(c4cc(C)c(C)c(C)c4)c4c(C)cccc4C)ccc3cc12. The number of nitrogens with zero attached hydrogens (tertiary/aromatic N) is 2. The van der Waals surface area contributed by atoms with Crippen molar-refractivity contribution >= 4 is 99.5 Å². The highest BCUT2D eigenvalue weighted by atomic mass is 16.3. The minimum Gasteiger partial charge on any atom is -0.456 e. The van der Waals surface area contributed by atoms with Crippen molar-refractivity contribution in [3.8, 4) is 0 Å². The molecule has 63 heavy (non-hydrogen) atoms. The zero-order valence-electron chi connectivity index (χ0n) is 37.5. The molecule has 0 aliphatic heterocycles. The number of para-hydroxylation sites is 2. The molecule has 4 heteroatoms. The van der Waals surface area contributed by atoms with Crippen molar-refractivity contribution in [2.75, 3.05) is 9.80 Å². The van der Waals surface area contributed by atoms with Gasteiger partial charge in [-0.2, -0.15) is 0 Å². The Morgan fingerprint density at radius 1 is 0.302 bits per heavy atom. The van der Waals surface area contributed by atoms with E-state index in [1.165, 1.54) is 61.4 Å². The second-order valence-electron chi connectivity index (χ2n) is 17.9. The van der Waals surface area contributed by atoms with Crippen LogP contribution >= 0.6 is 0 Å². The van der Waals surface area contributed by atoms with Crippen LogP contribution in [0.2, 0.25) is 0 Å². The minimum atomic E-state index is 0.853. The number of aryl methyl sites for hydroxylation is 7. The van der Waals surface area contributed by atoms with E-state index in [9.17, 15) is 0 Å². The summed E-state index contributed by atoms with van der Waals surface area (Å²) >= 11 is 0. The zero-order chi connectivity index (χ0) is 43.4. The zero-order valence-corrected chi connectivity index (χ0v) is 37.5. The van der Waals surface area contributed by atoms with Gasteiger partial charge in [-0.1, -0.05) is 48.5 Å². The molecule has 0 saturated heterocycles. The van der Waals surface area contributed by atoms with Crippen LogP contribution in [0.3, 0.4) is 0 Å². The van der Waals surface area contributed by atoms with Crippen LogP contribution in [-0.2, 0) is 0 Å². The monoisotopic (exact) mass is 818 g/mol. The molecule has 0 aliphatic carbocycles. The number of hydrogen-bond acceptors (Lipinski definition) is 4. The maximum atomic E-state index is 6.73. The smallest absolute Gasteiger partial charge is 0.136 e. The highest BCUT2D eigenvalue weighted by Crippen LogP contribution is 2.45. The number of fused-ring (bicyclic) bond motifs is 8. The quantitative estimate of drug-likeness (QED) is 0.167. The van der Waals surface area contributed by atoms with E-state index >= 15 is 0 Å². The molecule has 0 atom stereocenters. The van der Waals surface area contributed by atoms with Gasteiger partial charge in [-0.25, -0.2) is 0 Å². The Labute approximate surface area is 368 Å². The van der Waals surface area contributed by atoms with Crippen molar-refractivity contribution in [1.82, 2.24) is 0 Å². The number of benzene rings is 9. The van der Waals surface area contributed by atoms with E-state index in [0.29, 0.717) is 0 Å². The van der Waals surface area contributed by atoms with Gasteiger partial charge in [0.25, 0.3) is 0 Å². The molecule has 0 fully saturated rings. The molecule has 2 heterocycles. The van der Waals surface area contributed by atoms with Crippen LogP contribution in [0.1, 0.15) is 50.1 Å². The fraction of sp³-hybridized carbons (Fsp3) is 0.153. The van der Waals surface area contributed by atoms with Gasteiger partial charge in [0, 0.05) is 50.0 Å². The van der Waals surface area contributed by atoms with E-state index in [-0.39, 0.29) is 0 Å². The third kappa shape index (κ3) is 6.27. The maximum Gasteiger partial charge on any atom is 0.136 e. The van der Waals surface area contributed by atoms with E-state index < -0.39 is 0 Å². The number of furan rings is 2. The molecule has 2 aromatic heterocycles. The maximum absolute atomic E-state index is 6.73. The van der Waals surface area contributed by atoms with Gasteiger partial charge in [-0.15, -0.1) is 0 Å². The highest BCUT2D eigenvalue weighted by molar-refractivity contribution is 6.18. The summed E-state index contributed by atoms with van der Waals surface area (Å²) in [5.41, 5.74) is 21.9. The Bertz CT molecular complexity index is 3630. The average Bonchev–Trinajstić information content (AvgIpc) is 3.79. The largest absolute Gasteiger partial charge is 0.456 e. The Balaban J connectivity index is 1.02. The van der Waals surface area contributed by atoms with Gasteiger partial charge >= 0.3 is 0 Å². The van der Waals surface area contributed by atoms with E-state index in [1.54, 1.807) is 0 Å². The van der Waals surface area contributed by atoms with E-state index in [1.807, 2.05) is 0 Å². The molecule has 0 bridgehead atoms. The number of anilines is 6. The Kier molecular flexibility index (Phi) is 8.82. The Morgan fingerprint density at radius 2 is 0.714 bits per heavy atom. The first kappa shape index (κ1) is 38.6. The number of hydrogen-bond donors (Lipinski definition) is 0. The van der Waals surface area contributed by atoms with E-state index in [0.717, 1.165) is 88.2 Å². The lowest BCUT2D eigenvalue weighted by Gasteiger charge is -2.30. The van der Waals surface area contributed by atoms with Gasteiger partial charge in [0.2, 0.25) is 0 Å². The lowest BCUT2D eigenvalue weighted by molar-refractivity contribution is 0.664. The molecule has 9 aromatic carbocycles. The summed E-state index contributed by atoms with van der Waals surface area (Å²) in [6.45, 7) is 19.8. The molecule has 4 nitrogen and oxygen atoms in total. The fourth-order valence-electron chi connectivity index (χ4n) is 9.87. The molecule has 0 aliphatic rings. The van der Waals surface area contributed by atoms with Crippen LogP contribution < -0.4 is 9.80 Å².